The lowest BCUT2D eigenvalue weighted by Gasteiger charge is -2.31. The first-order valence-electron chi connectivity index (χ1n) is 6.09. The molecule has 2 aromatic rings. The lowest BCUT2D eigenvalue weighted by Crippen LogP contribution is -2.33. The average Bonchev–Trinajstić information content (AvgIpc) is 2.39. The van der Waals surface area contributed by atoms with Crippen LogP contribution in [0.2, 0.25) is 0 Å². The number of benzene rings is 1. The van der Waals surface area contributed by atoms with Crippen molar-refractivity contribution in [2.24, 2.45) is 5.73 Å². The van der Waals surface area contributed by atoms with Gasteiger partial charge in [0, 0.05) is 24.4 Å². The predicted molar refractivity (Wildman–Crippen MR) is 68.8 cm³/mol. The molecule has 2 nitrogen and oxygen atoms in total. The monoisotopic (exact) mass is 224 g/mol. The zero-order chi connectivity index (χ0) is 11.7. The van der Waals surface area contributed by atoms with Crippen molar-refractivity contribution in [3.63, 3.8) is 0 Å². The highest BCUT2D eigenvalue weighted by molar-refractivity contribution is 5.40. The summed E-state index contributed by atoms with van der Waals surface area (Å²) in [7, 11) is 0. The molecule has 1 aromatic heterocycles. The van der Waals surface area contributed by atoms with E-state index in [1.54, 1.807) is 0 Å². The molecule has 0 amide bonds. The fourth-order valence-corrected chi connectivity index (χ4v) is 2.77. The van der Waals surface area contributed by atoms with E-state index in [0.29, 0.717) is 5.92 Å². The molecule has 0 unspecified atom stereocenters. The van der Waals surface area contributed by atoms with Crippen LogP contribution in [-0.4, -0.2) is 11.0 Å². The molecular formula is C15H16N2. The minimum absolute atomic E-state index is 0.203. The van der Waals surface area contributed by atoms with Gasteiger partial charge in [0.25, 0.3) is 0 Å². The molecule has 0 saturated carbocycles. The normalized spacial score (nSPS) is 23.1. The summed E-state index contributed by atoms with van der Waals surface area (Å²) in [4.78, 5) is 4.21. The minimum atomic E-state index is 0.203. The Labute approximate surface area is 102 Å². The molecule has 2 atom stereocenters. The SMILES string of the molecule is N[C@H]1CCc2ccccc2[C@H]1c1cccnc1. The van der Waals surface area contributed by atoms with E-state index in [9.17, 15) is 0 Å². The number of hydrogen-bond acceptors (Lipinski definition) is 2. The van der Waals surface area contributed by atoms with E-state index in [0.717, 1.165) is 12.8 Å². The second-order valence-electron chi connectivity index (χ2n) is 4.67. The van der Waals surface area contributed by atoms with Crippen LogP contribution in [0.3, 0.4) is 0 Å². The van der Waals surface area contributed by atoms with Gasteiger partial charge >= 0.3 is 0 Å². The van der Waals surface area contributed by atoms with Crippen LogP contribution in [-0.2, 0) is 6.42 Å². The number of rotatable bonds is 1. The Morgan fingerprint density at radius 3 is 2.82 bits per heavy atom. The van der Waals surface area contributed by atoms with Crippen LogP contribution in [0.15, 0.2) is 48.8 Å². The third-order valence-corrected chi connectivity index (χ3v) is 3.61. The molecule has 1 aliphatic rings. The molecule has 86 valence electrons. The van der Waals surface area contributed by atoms with Gasteiger partial charge in [0.05, 0.1) is 0 Å². The molecule has 1 aliphatic carbocycles. The van der Waals surface area contributed by atoms with Gasteiger partial charge in [-0.3, -0.25) is 4.98 Å². The highest BCUT2D eigenvalue weighted by atomic mass is 14.7. The quantitative estimate of drug-likeness (QED) is 0.808. The Bertz CT molecular complexity index is 507. The summed E-state index contributed by atoms with van der Waals surface area (Å²) in [5.41, 5.74) is 10.3. The number of nitrogens with zero attached hydrogens (tertiary/aromatic N) is 1. The van der Waals surface area contributed by atoms with Crippen molar-refractivity contribution in [1.29, 1.82) is 0 Å². The van der Waals surface area contributed by atoms with Gasteiger partial charge in [0.15, 0.2) is 0 Å². The molecule has 1 heterocycles. The number of aromatic nitrogens is 1. The largest absolute Gasteiger partial charge is 0.327 e. The maximum Gasteiger partial charge on any atom is 0.0306 e. The summed E-state index contributed by atoms with van der Waals surface area (Å²) in [6.45, 7) is 0. The molecular weight excluding hydrogens is 208 g/mol. The van der Waals surface area contributed by atoms with Gasteiger partial charge in [-0.1, -0.05) is 30.3 Å². The Morgan fingerprint density at radius 2 is 2.00 bits per heavy atom. The summed E-state index contributed by atoms with van der Waals surface area (Å²) in [5, 5.41) is 0. The van der Waals surface area contributed by atoms with E-state index in [1.807, 2.05) is 18.5 Å². The Morgan fingerprint density at radius 1 is 1.12 bits per heavy atom. The first-order valence-corrected chi connectivity index (χ1v) is 6.09. The van der Waals surface area contributed by atoms with Crippen molar-refractivity contribution in [1.82, 2.24) is 4.98 Å². The lowest BCUT2D eigenvalue weighted by atomic mass is 9.76. The van der Waals surface area contributed by atoms with E-state index in [-0.39, 0.29) is 6.04 Å². The molecule has 0 spiro atoms. The maximum absolute atomic E-state index is 6.30. The highest BCUT2D eigenvalue weighted by Crippen LogP contribution is 2.35. The summed E-state index contributed by atoms with van der Waals surface area (Å²) in [5.74, 6) is 0.300. The number of hydrogen-bond donors (Lipinski definition) is 1. The average molecular weight is 224 g/mol. The smallest absolute Gasteiger partial charge is 0.0306 e. The second kappa shape index (κ2) is 4.30. The Kier molecular flexibility index (Phi) is 2.65. The van der Waals surface area contributed by atoms with Crippen LogP contribution in [0.5, 0.6) is 0 Å². The van der Waals surface area contributed by atoms with E-state index in [1.165, 1.54) is 16.7 Å². The zero-order valence-corrected chi connectivity index (χ0v) is 9.71. The third-order valence-electron chi connectivity index (χ3n) is 3.61. The van der Waals surface area contributed by atoms with Crippen molar-refractivity contribution < 1.29 is 0 Å². The summed E-state index contributed by atoms with van der Waals surface area (Å²) < 4.78 is 0. The molecule has 0 fully saturated rings. The van der Waals surface area contributed by atoms with Crippen molar-refractivity contribution in [2.75, 3.05) is 0 Å². The van der Waals surface area contributed by atoms with Gasteiger partial charge in [-0.05, 0) is 35.6 Å². The summed E-state index contributed by atoms with van der Waals surface area (Å²) >= 11 is 0. The van der Waals surface area contributed by atoms with Crippen LogP contribution < -0.4 is 5.73 Å². The minimum Gasteiger partial charge on any atom is -0.327 e. The highest BCUT2D eigenvalue weighted by Gasteiger charge is 2.27. The molecule has 0 aliphatic heterocycles. The molecule has 2 heteroatoms. The van der Waals surface area contributed by atoms with Crippen molar-refractivity contribution in [2.45, 2.75) is 24.8 Å². The van der Waals surface area contributed by atoms with Gasteiger partial charge in [-0.15, -0.1) is 0 Å². The van der Waals surface area contributed by atoms with E-state index in [2.05, 4.69) is 35.3 Å². The van der Waals surface area contributed by atoms with Crippen molar-refractivity contribution in [3.05, 3.63) is 65.5 Å². The van der Waals surface area contributed by atoms with Gasteiger partial charge in [0.2, 0.25) is 0 Å². The standard InChI is InChI=1S/C15H16N2/c16-14-8-7-11-4-1-2-6-13(11)15(14)12-5-3-9-17-10-12/h1-6,9-10,14-15H,7-8,16H2/t14-,15+/m0/s1. The van der Waals surface area contributed by atoms with Gasteiger partial charge in [-0.25, -0.2) is 0 Å². The Balaban J connectivity index is 2.10. The maximum atomic E-state index is 6.30. The van der Waals surface area contributed by atoms with E-state index < -0.39 is 0 Å². The second-order valence-corrected chi connectivity index (χ2v) is 4.67. The molecule has 17 heavy (non-hydrogen) atoms. The van der Waals surface area contributed by atoms with E-state index in [4.69, 9.17) is 5.73 Å². The fourth-order valence-electron chi connectivity index (χ4n) is 2.77. The molecule has 2 N–H and O–H groups in total. The van der Waals surface area contributed by atoms with Gasteiger partial charge in [-0.2, -0.15) is 0 Å². The molecule has 0 bridgehead atoms. The van der Waals surface area contributed by atoms with Crippen molar-refractivity contribution >= 4 is 0 Å². The lowest BCUT2D eigenvalue weighted by molar-refractivity contribution is 0.517. The van der Waals surface area contributed by atoms with Gasteiger partial charge in [0.1, 0.15) is 0 Å². The van der Waals surface area contributed by atoms with Gasteiger partial charge < -0.3 is 5.73 Å². The topological polar surface area (TPSA) is 38.9 Å². The van der Waals surface area contributed by atoms with Crippen LogP contribution in [0, 0.1) is 0 Å². The molecule has 0 radical (unpaired) electrons. The van der Waals surface area contributed by atoms with Crippen LogP contribution in [0.4, 0.5) is 0 Å². The number of fused-ring (bicyclic) bond motifs is 1. The third kappa shape index (κ3) is 1.85. The first-order chi connectivity index (χ1) is 8.36. The zero-order valence-electron chi connectivity index (χ0n) is 9.71. The fraction of sp³-hybridized carbons (Fsp3) is 0.267. The van der Waals surface area contributed by atoms with Crippen molar-refractivity contribution in [3.8, 4) is 0 Å². The summed E-state index contributed by atoms with van der Waals surface area (Å²) in [6, 6.07) is 12.9. The van der Waals surface area contributed by atoms with Crippen LogP contribution >= 0.6 is 0 Å². The Hall–Kier alpha value is -1.67. The number of aryl methyl sites for hydroxylation is 1. The number of pyridine rings is 1. The van der Waals surface area contributed by atoms with E-state index >= 15 is 0 Å². The predicted octanol–water partition coefficient (Wildman–Crippen LogP) is 2.49. The van der Waals surface area contributed by atoms with Crippen LogP contribution in [0.1, 0.15) is 29.0 Å². The number of nitrogens with two attached hydrogens (primary N) is 1. The van der Waals surface area contributed by atoms with Crippen LogP contribution in [0.25, 0.3) is 0 Å². The molecule has 1 aromatic carbocycles. The summed E-state index contributed by atoms with van der Waals surface area (Å²) in [6.07, 6.45) is 5.89. The molecule has 3 rings (SSSR count). The first kappa shape index (κ1) is 10.5. The molecule has 0 saturated heterocycles.